The van der Waals surface area contributed by atoms with Gasteiger partial charge in [0.1, 0.15) is 12.4 Å². The zero-order chi connectivity index (χ0) is 22.1. The van der Waals surface area contributed by atoms with Crippen LogP contribution in [0.25, 0.3) is 11.0 Å². The third-order valence-electron chi connectivity index (χ3n) is 4.51. The van der Waals surface area contributed by atoms with Gasteiger partial charge in [-0.3, -0.25) is 0 Å². The number of aryl methyl sites for hydroxylation is 1. The molecule has 10 heteroatoms. The number of halogens is 2. The van der Waals surface area contributed by atoms with Crippen molar-refractivity contribution in [3.8, 4) is 0 Å². The lowest BCUT2D eigenvalue weighted by Gasteiger charge is -2.11. The molecule has 3 rings (SSSR count). The average Bonchev–Trinajstić information content (AvgIpc) is 3.05. The van der Waals surface area contributed by atoms with E-state index in [0.29, 0.717) is 22.9 Å². The summed E-state index contributed by atoms with van der Waals surface area (Å²) in [6, 6.07) is 9.34. The smallest absolute Gasteiger partial charge is 0.340 e. The summed E-state index contributed by atoms with van der Waals surface area (Å²) in [5.41, 5.74) is 1.45. The molecular weight excluding hydrogens is 449 g/mol. The molecule has 0 saturated heterocycles. The van der Waals surface area contributed by atoms with Crippen molar-refractivity contribution in [2.24, 2.45) is 0 Å². The van der Waals surface area contributed by atoms with Gasteiger partial charge in [0, 0.05) is 25.7 Å². The summed E-state index contributed by atoms with van der Waals surface area (Å²) in [6.45, 7) is 2.56. The van der Waals surface area contributed by atoms with E-state index in [1.807, 2.05) is 11.5 Å². The van der Waals surface area contributed by atoms with Crippen LogP contribution < -0.4 is 0 Å². The van der Waals surface area contributed by atoms with E-state index < -0.39 is 16.0 Å². The van der Waals surface area contributed by atoms with Gasteiger partial charge in [0.05, 0.1) is 26.5 Å². The molecule has 0 spiro atoms. The molecule has 3 aromatic rings. The van der Waals surface area contributed by atoms with E-state index >= 15 is 0 Å². The van der Waals surface area contributed by atoms with Crippen LogP contribution in [0.15, 0.2) is 41.3 Å². The van der Waals surface area contributed by atoms with Crippen LogP contribution in [0.4, 0.5) is 0 Å². The van der Waals surface area contributed by atoms with Crippen LogP contribution >= 0.6 is 23.2 Å². The number of rotatable bonds is 7. The molecule has 7 nitrogen and oxygen atoms in total. The molecule has 1 aromatic heterocycles. The monoisotopic (exact) mass is 469 g/mol. The number of imidazole rings is 1. The molecule has 160 valence electrons. The molecular formula is C20H21Cl2N3O4S. The largest absolute Gasteiger partial charge is 0.454 e. The van der Waals surface area contributed by atoms with Crippen LogP contribution in [-0.4, -0.2) is 42.3 Å². The minimum Gasteiger partial charge on any atom is -0.454 e. The van der Waals surface area contributed by atoms with E-state index in [1.165, 1.54) is 32.3 Å². The zero-order valence-corrected chi connectivity index (χ0v) is 19.1. The Kier molecular flexibility index (Phi) is 6.71. The average molecular weight is 470 g/mol. The first-order valence-corrected chi connectivity index (χ1v) is 11.4. The molecule has 0 atom stereocenters. The quantitative estimate of drug-likeness (QED) is 0.480. The van der Waals surface area contributed by atoms with E-state index in [-0.39, 0.29) is 22.1 Å². The van der Waals surface area contributed by atoms with Crippen LogP contribution in [0.3, 0.4) is 0 Å². The van der Waals surface area contributed by atoms with Crippen molar-refractivity contribution in [3.05, 3.63) is 57.8 Å². The number of carbonyl (C=O) groups excluding carboxylic acids is 1. The van der Waals surface area contributed by atoms with Crippen LogP contribution in [-0.2, 0) is 27.9 Å². The summed E-state index contributed by atoms with van der Waals surface area (Å²) in [4.78, 5) is 17.1. The summed E-state index contributed by atoms with van der Waals surface area (Å²) >= 11 is 12.0. The summed E-state index contributed by atoms with van der Waals surface area (Å²) in [5, 5.41) is 0.615. The fraction of sp³-hybridized carbons (Fsp3) is 0.300. The van der Waals surface area contributed by atoms with E-state index in [0.717, 1.165) is 16.2 Å². The SMILES string of the molecule is CCCn1c(COC(=O)c2cc(Cl)ccc2Cl)nc2cc(S(=O)(=O)N(C)C)ccc21. The molecule has 0 N–H and O–H groups in total. The van der Waals surface area contributed by atoms with Gasteiger partial charge >= 0.3 is 5.97 Å². The Labute approximate surface area is 185 Å². The van der Waals surface area contributed by atoms with Gasteiger partial charge in [0.2, 0.25) is 10.0 Å². The number of sulfonamides is 1. The van der Waals surface area contributed by atoms with E-state index in [9.17, 15) is 13.2 Å². The molecule has 0 radical (unpaired) electrons. The van der Waals surface area contributed by atoms with Gasteiger partial charge in [-0.25, -0.2) is 22.5 Å². The predicted molar refractivity (Wildman–Crippen MR) is 116 cm³/mol. The Hall–Kier alpha value is -2.13. The molecule has 0 unspecified atom stereocenters. The highest BCUT2D eigenvalue weighted by molar-refractivity contribution is 7.89. The molecule has 0 aliphatic heterocycles. The number of hydrogen-bond acceptors (Lipinski definition) is 5. The maximum absolute atomic E-state index is 12.4. The Balaban J connectivity index is 1.93. The molecule has 2 aromatic carbocycles. The Morgan fingerprint density at radius 1 is 1.17 bits per heavy atom. The van der Waals surface area contributed by atoms with Gasteiger partial charge in [-0.05, 0) is 42.8 Å². The van der Waals surface area contributed by atoms with Crippen LogP contribution in [0.1, 0.15) is 29.5 Å². The van der Waals surface area contributed by atoms with E-state index in [4.69, 9.17) is 27.9 Å². The zero-order valence-electron chi connectivity index (χ0n) is 16.7. The van der Waals surface area contributed by atoms with Crippen molar-refractivity contribution < 1.29 is 17.9 Å². The topological polar surface area (TPSA) is 81.5 Å². The fourth-order valence-electron chi connectivity index (χ4n) is 2.98. The number of fused-ring (bicyclic) bond motifs is 1. The lowest BCUT2D eigenvalue weighted by Crippen LogP contribution is -2.22. The molecule has 30 heavy (non-hydrogen) atoms. The molecule has 0 fully saturated rings. The highest BCUT2D eigenvalue weighted by atomic mass is 35.5. The standard InChI is InChI=1S/C20H21Cl2N3O4S/c1-4-9-25-18-8-6-14(30(27,28)24(2)3)11-17(18)23-19(25)12-29-20(26)15-10-13(21)5-7-16(15)22/h5-8,10-11H,4,9,12H2,1-3H3. The van der Waals surface area contributed by atoms with Crippen LogP contribution in [0, 0.1) is 0 Å². The van der Waals surface area contributed by atoms with Crippen molar-refractivity contribution in [1.29, 1.82) is 0 Å². The lowest BCUT2D eigenvalue weighted by molar-refractivity contribution is 0.0458. The maximum Gasteiger partial charge on any atom is 0.340 e. The first-order chi connectivity index (χ1) is 14.1. The number of benzene rings is 2. The summed E-state index contributed by atoms with van der Waals surface area (Å²) < 4.78 is 33.3. The number of aromatic nitrogens is 2. The van der Waals surface area contributed by atoms with Crippen LogP contribution in [0.2, 0.25) is 10.0 Å². The van der Waals surface area contributed by atoms with Crippen molar-refractivity contribution in [2.75, 3.05) is 14.1 Å². The van der Waals surface area contributed by atoms with Crippen LogP contribution in [0.5, 0.6) is 0 Å². The summed E-state index contributed by atoms with van der Waals surface area (Å²) in [5.74, 6) is -0.105. The second-order valence-electron chi connectivity index (χ2n) is 6.82. The highest BCUT2D eigenvalue weighted by Crippen LogP contribution is 2.24. The number of esters is 1. The predicted octanol–water partition coefficient (Wildman–Crippen LogP) is 4.36. The van der Waals surface area contributed by atoms with Gasteiger partial charge in [-0.1, -0.05) is 30.1 Å². The minimum atomic E-state index is -3.58. The normalized spacial score (nSPS) is 11.9. The van der Waals surface area contributed by atoms with E-state index in [1.54, 1.807) is 18.2 Å². The molecule has 1 heterocycles. The van der Waals surface area contributed by atoms with Crippen molar-refractivity contribution >= 4 is 50.2 Å². The van der Waals surface area contributed by atoms with Crippen molar-refractivity contribution in [1.82, 2.24) is 13.9 Å². The summed E-state index contributed by atoms with van der Waals surface area (Å²) in [6.07, 6.45) is 0.824. The Bertz CT molecular complexity index is 1210. The summed E-state index contributed by atoms with van der Waals surface area (Å²) in [7, 11) is -0.637. The van der Waals surface area contributed by atoms with Crippen molar-refractivity contribution in [2.45, 2.75) is 31.4 Å². The van der Waals surface area contributed by atoms with Gasteiger partial charge in [0.25, 0.3) is 0 Å². The Morgan fingerprint density at radius 3 is 2.57 bits per heavy atom. The fourth-order valence-corrected chi connectivity index (χ4v) is 4.26. The van der Waals surface area contributed by atoms with E-state index in [2.05, 4.69) is 4.98 Å². The third-order valence-corrected chi connectivity index (χ3v) is 6.88. The molecule has 0 bridgehead atoms. The molecule has 0 saturated carbocycles. The number of ether oxygens (including phenoxy) is 1. The first kappa shape index (κ1) is 22.6. The highest BCUT2D eigenvalue weighted by Gasteiger charge is 2.20. The Morgan fingerprint density at radius 2 is 1.90 bits per heavy atom. The third kappa shape index (κ3) is 4.46. The molecule has 0 amide bonds. The number of carbonyl (C=O) groups is 1. The van der Waals surface area contributed by atoms with Gasteiger partial charge in [-0.2, -0.15) is 0 Å². The first-order valence-electron chi connectivity index (χ1n) is 9.19. The van der Waals surface area contributed by atoms with Gasteiger partial charge in [-0.15, -0.1) is 0 Å². The second kappa shape index (κ2) is 8.93. The molecule has 0 aliphatic carbocycles. The molecule has 0 aliphatic rings. The lowest BCUT2D eigenvalue weighted by atomic mass is 10.2. The van der Waals surface area contributed by atoms with Gasteiger partial charge in [0.15, 0.2) is 0 Å². The minimum absolute atomic E-state index is 0.0912. The van der Waals surface area contributed by atoms with Gasteiger partial charge < -0.3 is 9.30 Å². The van der Waals surface area contributed by atoms with Crippen molar-refractivity contribution in [3.63, 3.8) is 0 Å². The number of nitrogens with zero attached hydrogens (tertiary/aromatic N) is 3. The maximum atomic E-state index is 12.4. The second-order valence-corrected chi connectivity index (χ2v) is 9.81. The number of hydrogen-bond donors (Lipinski definition) is 0.